The highest BCUT2D eigenvalue weighted by molar-refractivity contribution is 5.95. The summed E-state index contributed by atoms with van der Waals surface area (Å²) in [7, 11) is 1.55. The van der Waals surface area contributed by atoms with Crippen LogP contribution >= 0.6 is 0 Å². The second-order valence-corrected chi connectivity index (χ2v) is 5.77. The Kier molecular flexibility index (Phi) is 6.64. The Hall–Kier alpha value is -2.52. The number of carboxylic acids is 1. The maximum Gasteiger partial charge on any atom is 0.137 e. The van der Waals surface area contributed by atoms with Gasteiger partial charge in [-0.15, -0.1) is 0 Å². The zero-order chi connectivity index (χ0) is 17.4. The van der Waals surface area contributed by atoms with E-state index in [0.29, 0.717) is 23.7 Å². The maximum atomic E-state index is 10.9. The van der Waals surface area contributed by atoms with E-state index >= 15 is 0 Å². The van der Waals surface area contributed by atoms with Crippen LogP contribution in [-0.2, 0) is 4.79 Å². The van der Waals surface area contributed by atoms with Crippen LogP contribution in [0.15, 0.2) is 23.8 Å². The Bertz CT molecular complexity index is 643. The van der Waals surface area contributed by atoms with Gasteiger partial charge in [0.15, 0.2) is 0 Å². The molecule has 0 aliphatic carbocycles. The van der Waals surface area contributed by atoms with Crippen LogP contribution in [0.2, 0.25) is 0 Å². The van der Waals surface area contributed by atoms with Gasteiger partial charge in [0.25, 0.3) is 0 Å². The summed E-state index contributed by atoms with van der Waals surface area (Å²) < 4.78 is 11.0. The number of hydrogen-bond donors (Lipinski definition) is 1. The molecule has 1 saturated heterocycles. The quantitative estimate of drug-likeness (QED) is 0.553. The molecule has 0 spiro atoms. The topological polar surface area (TPSA) is 86.8 Å². The minimum atomic E-state index is -1.50. The first kappa shape index (κ1) is 17.8. The Balaban J connectivity index is 2.10. The molecule has 6 heteroatoms. The van der Waals surface area contributed by atoms with Crippen LogP contribution in [0.4, 0.5) is 0 Å². The van der Waals surface area contributed by atoms with Crippen molar-refractivity contribution in [1.82, 2.24) is 0 Å². The smallest absolute Gasteiger partial charge is 0.137 e. The van der Waals surface area contributed by atoms with Crippen LogP contribution in [0.25, 0.3) is 6.08 Å². The summed E-state index contributed by atoms with van der Waals surface area (Å²) in [4.78, 5) is 12.4. The molecule has 1 heterocycles. The lowest BCUT2D eigenvalue weighted by Gasteiger charge is -2.23. The minimum Gasteiger partial charge on any atom is -0.544 e. The van der Waals surface area contributed by atoms with Crippen LogP contribution in [0.1, 0.15) is 24.8 Å². The lowest BCUT2D eigenvalue weighted by Crippen LogP contribution is -3.13. The molecule has 1 fully saturated rings. The van der Waals surface area contributed by atoms with E-state index in [9.17, 15) is 9.90 Å². The fraction of sp³-hybridized carbons (Fsp3) is 0.444. The third kappa shape index (κ3) is 5.00. The highest BCUT2D eigenvalue weighted by Crippen LogP contribution is 2.26. The van der Waals surface area contributed by atoms with Gasteiger partial charge in [0.2, 0.25) is 0 Å². The Morgan fingerprint density at radius 2 is 2.12 bits per heavy atom. The van der Waals surface area contributed by atoms with Crippen LogP contribution in [0.3, 0.4) is 0 Å². The first-order valence-electron chi connectivity index (χ1n) is 8.11. The monoisotopic (exact) mass is 330 g/mol. The molecule has 128 valence electrons. The number of aliphatic carboxylic acids is 1. The summed E-state index contributed by atoms with van der Waals surface area (Å²) in [6.45, 7) is 3.75. The molecular formula is C18H22N2O4. The van der Waals surface area contributed by atoms with Gasteiger partial charge < -0.3 is 24.3 Å². The number of nitrogens with zero attached hydrogens (tertiary/aromatic N) is 1. The predicted octanol–water partition coefficient (Wildman–Crippen LogP) is -0.200. The van der Waals surface area contributed by atoms with Crippen molar-refractivity contribution < 1.29 is 24.3 Å². The molecule has 24 heavy (non-hydrogen) atoms. The zero-order valence-electron chi connectivity index (χ0n) is 13.8. The predicted molar refractivity (Wildman–Crippen MR) is 86.5 cm³/mol. The molecule has 0 atom stereocenters. The molecule has 0 amide bonds. The molecule has 0 bridgehead atoms. The fourth-order valence-electron chi connectivity index (χ4n) is 2.79. The number of ether oxygens (including phenoxy) is 2. The molecule has 0 radical (unpaired) electrons. The van der Waals surface area contributed by atoms with Gasteiger partial charge in [0, 0.05) is 11.6 Å². The first-order valence-corrected chi connectivity index (χ1v) is 8.11. The lowest BCUT2D eigenvalue weighted by molar-refractivity contribution is -0.904. The Morgan fingerprint density at radius 1 is 1.38 bits per heavy atom. The summed E-state index contributed by atoms with van der Waals surface area (Å²) in [6, 6.07) is 6.68. The van der Waals surface area contributed by atoms with Gasteiger partial charge in [-0.05, 0) is 37.5 Å². The summed E-state index contributed by atoms with van der Waals surface area (Å²) in [5.41, 5.74) is 0.0804. The van der Waals surface area contributed by atoms with Crippen LogP contribution in [0, 0.1) is 11.3 Å². The molecule has 2 rings (SSSR count). The number of nitrogens with one attached hydrogen (secondary N) is 1. The number of benzene rings is 1. The minimum absolute atomic E-state index is 0.438. The third-order valence-electron chi connectivity index (χ3n) is 4.13. The molecule has 1 aromatic rings. The molecule has 6 nitrogen and oxygen atoms in total. The van der Waals surface area contributed by atoms with Crippen molar-refractivity contribution in [2.75, 3.05) is 33.4 Å². The van der Waals surface area contributed by atoms with E-state index in [1.165, 1.54) is 30.2 Å². The molecule has 1 aliphatic rings. The SMILES string of the molecule is COc1ccc(/C=C(/C#N)C(=O)[O-])c(OCC[NH+]2CCCCC2)c1. The molecule has 1 aliphatic heterocycles. The van der Waals surface area contributed by atoms with Crippen LogP contribution in [-0.4, -0.2) is 39.3 Å². The van der Waals surface area contributed by atoms with Crippen molar-refractivity contribution in [3.05, 3.63) is 29.3 Å². The van der Waals surface area contributed by atoms with Crippen molar-refractivity contribution >= 4 is 12.0 Å². The Morgan fingerprint density at radius 3 is 2.75 bits per heavy atom. The average molecular weight is 330 g/mol. The molecular weight excluding hydrogens is 308 g/mol. The number of nitriles is 1. The van der Waals surface area contributed by atoms with E-state index in [1.807, 2.05) is 0 Å². The Labute approximate surface area is 141 Å². The maximum absolute atomic E-state index is 10.9. The highest BCUT2D eigenvalue weighted by atomic mass is 16.5. The van der Waals surface area contributed by atoms with Gasteiger partial charge in [-0.2, -0.15) is 5.26 Å². The van der Waals surface area contributed by atoms with Crippen molar-refractivity contribution in [3.8, 4) is 17.6 Å². The van der Waals surface area contributed by atoms with E-state index in [-0.39, 0.29) is 0 Å². The van der Waals surface area contributed by atoms with E-state index in [1.54, 1.807) is 31.4 Å². The summed E-state index contributed by atoms with van der Waals surface area (Å²) in [5.74, 6) is -0.392. The fourth-order valence-corrected chi connectivity index (χ4v) is 2.79. The van der Waals surface area contributed by atoms with Gasteiger partial charge in [0.05, 0.1) is 31.7 Å². The third-order valence-corrected chi connectivity index (χ3v) is 4.13. The van der Waals surface area contributed by atoms with E-state index in [2.05, 4.69) is 0 Å². The number of quaternary nitrogens is 1. The van der Waals surface area contributed by atoms with Gasteiger partial charge in [-0.25, -0.2) is 0 Å². The van der Waals surface area contributed by atoms with Crippen molar-refractivity contribution in [1.29, 1.82) is 5.26 Å². The number of piperidine rings is 1. The van der Waals surface area contributed by atoms with E-state index in [0.717, 1.165) is 19.6 Å². The van der Waals surface area contributed by atoms with E-state index < -0.39 is 11.5 Å². The van der Waals surface area contributed by atoms with Crippen molar-refractivity contribution in [2.45, 2.75) is 19.3 Å². The molecule has 1 aromatic carbocycles. The van der Waals surface area contributed by atoms with Gasteiger partial charge in [0.1, 0.15) is 30.7 Å². The number of carboxylic acid groups (broad SMARTS) is 1. The summed E-state index contributed by atoms with van der Waals surface area (Å²) in [5, 5.41) is 19.8. The number of methoxy groups -OCH3 is 1. The van der Waals surface area contributed by atoms with Gasteiger partial charge in [-0.3, -0.25) is 0 Å². The first-order chi connectivity index (χ1) is 11.6. The van der Waals surface area contributed by atoms with Crippen LogP contribution < -0.4 is 19.5 Å². The summed E-state index contributed by atoms with van der Waals surface area (Å²) >= 11 is 0. The number of rotatable bonds is 7. The summed E-state index contributed by atoms with van der Waals surface area (Å²) in [6.07, 6.45) is 5.06. The molecule has 0 aromatic heterocycles. The van der Waals surface area contributed by atoms with E-state index in [4.69, 9.17) is 14.7 Å². The van der Waals surface area contributed by atoms with Crippen LogP contribution in [0.5, 0.6) is 11.5 Å². The second-order valence-electron chi connectivity index (χ2n) is 5.77. The number of likely N-dealkylation sites (tertiary alicyclic amines) is 1. The lowest BCUT2D eigenvalue weighted by atomic mass is 10.1. The van der Waals surface area contributed by atoms with Crippen molar-refractivity contribution in [3.63, 3.8) is 0 Å². The van der Waals surface area contributed by atoms with Gasteiger partial charge in [-0.1, -0.05) is 0 Å². The molecule has 1 N–H and O–H groups in total. The molecule has 0 saturated carbocycles. The zero-order valence-corrected chi connectivity index (χ0v) is 13.8. The van der Waals surface area contributed by atoms with Crippen molar-refractivity contribution in [2.24, 2.45) is 0 Å². The standard InChI is InChI=1S/C18H22N2O4/c1-23-16-6-5-14(11-15(13-19)18(21)22)17(12-16)24-10-9-20-7-3-2-4-8-20/h5-6,11-12H,2-4,7-10H2,1H3,(H,21,22)/b15-11-. The second kappa shape index (κ2) is 8.94. The largest absolute Gasteiger partial charge is 0.544 e. The number of hydrogen-bond acceptors (Lipinski definition) is 5. The molecule has 0 unspecified atom stereocenters. The normalized spacial score (nSPS) is 15.6. The van der Waals surface area contributed by atoms with Gasteiger partial charge >= 0.3 is 0 Å². The number of carbonyl (C=O) groups excluding carboxylic acids is 1. The highest BCUT2D eigenvalue weighted by Gasteiger charge is 2.14. The number of carbonyl (C=O) groups is 1. The average Bonchev–Trinajstić information content (AvgIpc) is 2.61.